The third-order valence-corrected chi connectivity index (χ3v) is 3.40. The first-order valence-corrected chi connectivity index (χ1v) is 7.07. The molecule has 1 heterocycles. The first kappa shape index (κ1) is 14.3. The molecular weight excluding hydrogens is 264 g/mol. The first-order chi connectivity index (χ1) is 8.84. The van der Waals surface area contributed by atoms with Gasteiger partial charge >= 0.3 is 6.01 Å². The minimum absolute atomic E-state index is 0.0109. The van der Waals surface area contributed by atoms with Crippen LogP contribution >= 0.6 is 11.6 Å². The highest BCUT2D eigenvalue weighted by molar-refractivity contribution is 6.28. The molecule has 5 nitrogen and oxygen atoms in total. The lowest BCUT2D eigenvalue weighted by atomic mass is 9.92. The van der Waals surface area contributed by atoms with Crippen LogP contribution in [0, 0.1) is 5.41 Å². The van der Waals surface area contributed by atoms with Gasteiger partial charge in [-0.05, 0) is 50.1 Å². The second-order valence-electron chi connectivity index (χ2n) is 6.13. The smallest absolute Gasteiger partial charge is 0.322 e. The van der Waals surface area contributed by atoms with E-state index in [1.807, 2.05) is 13.8 Å². The van der Waals surface area contributed by atoms with Crippen LogP contribution in [0.2, 0.25) is 5.28 Å². The fourth-order valence-corrected chi connectivity index (χ4v) is 2.55. The summed E-state index contributed by atoms with van der Waals surface area (Å²) in [6.07, 6.45) is 3.45. The molecule has 0 saturated heterocycles. The molecule has 2 rings (SSSR count). The predicted octanol–water partition coefficient (Wildman–Crippen LogP) is 3.30. The Hall–Kier alpha value is -1.10. The van der Waals surface area contributed by atoms with Gasteiger partial charge in [-0.2, -0.15) is 15.0 Å². The van der Waals surface area contributed by atoms with Gasteiger partial charge in [-0.1, -0.05) is 13.8 Å². The highest BCUT2D eigenvalue weighted by Crippen LogP contribution is 2.38. The molecule has 1 atom stereocenters. The molecule has 1 fully saturated rings. The van der Waals surface area contributed by atoms with Crippen molar-refractivity contribution >= 4 is 17.5 Å². The van der Waals surface area contributed by atoms with Gasteiger partial charge in [-0.3, -0.25) is 0 Å². The van der Waals surface area contributed by atoms with Crippen LogP contribution in [0.5, 0.6) is 6.01 Å². The van der Waals surface area contributed by atoms with E-state index in [4.69, 9.17) is 16.3 Å². The van der Waals surface area contributed by atoms with Gasteiger partial charge in [-0.15, -0.1) is 0 Å². The van der Waals surface area contributed by atoms with E-state index >= 15 is 0 Å². The van der Waals surface area contributed by atoms with Crippen LogP contribution in [0.25, 0.3) is 0 Å². The Morgan fingerprint density at radius 2 is 2.05 bits per heavy atom. The average Bonchev–Trinajstić information content (AvgIpc) is 2.55. The van der Waals surface area contributed by atoms with E-state index in [2.05, 4.69) is 34.1 Å². The van der Waals surface area contributed by atoms with Gasteiger partial charge in [-0.25, -0.2) is 0 Å². The molecular formula is C13H21ClN4O. The molecule has 1 unspecified atom stereocenters. The van der Waals surface area contributed by atoms with Crippen molar-refractivity contribution in [2.75, 3.05) is 5.32 Å². The molecule has 0 aliphatic heterocycles. The third kappa shape index (κ3) is 4.20. The van der Waals surface area contributed by atoms with Crippen molar-refractivity contribution in [3.8, 4) is 6.01 Å². The van der Waals surface area contributed by atoms with Crippen LogP contribution in [0.15, 0.2) is 0 Å². The van der Waals surface area contributed by atoms with E-state index in [1.54, 1.807) is 0 Å². The van der Waals surface area contributed by atoms with Crippen LogP contribution in [0.3, 0.4) is 0 Å². The zero-order valence-corrected chi connectivity index (χ0v) is 12.7. The van der Waals surface area contributed by atoms with Crippen LogP contribution in [-0.4, -0.2) is 27.1 Å². The number of nitrogens with one attached hydrogen (secondary N) is 1. The fourth-order valence-electron chi connectivity index (χ4n) is 2.40. The Morgan fingerprint density at radius 1 is 1.32 bits per heavy atom. The molecule has 0 spiro atoms. The van der Waals surface area contributed by atoms with E-state index in [-0.39, 0.29) is 17.4 Å². The van der Waals surface area contributed by atoms with Gasteiger partial charge < -0.3 is 10.1 Å². The van der Waals surface area contributed by atoms with Crippen molar-refractivity contribution in [1.82, 2.24) is 15.0 Å². The zero-order chi connectivity index (χ0) is 14.0. The Labute approximate surface area is 119 Å². The minimum Gasteiger partial charge on any atom is -0.461 e. The summed E-state index contributed by atoms with van der Waals surface area (Å²) in [6, 6.07) is 0.662. The number of aromatic nitrogens is 3. The molecule has 0 radical (unpaired) electrons. The molecule has 1 saturated carbocycles. The van der Waals surface area contributed by atoms with E-state index in [0.717, 1.165) is 12.8 Å². The molecule has 1 aromatic heterocycles. The molecule has 1 aromatic rings. The maximum atomic E-state index is 5.89. The number of rotatable bonds is 4. The summed E-state index contributed by atoms with van der Waals surface area (Å²) in [5.41, 5.74) is 0.381. The van der Waals surface area contributed by atoms with Gasteiger partial charge in [0.15, 0.2) is 0 Å². The van der Waals surface area contributed by atoms with E-state index < -0.39 is 0 Å². The summed E-state index contributed by atoms with van der Waals surface area (Å²) in [5.74, 6) is 0.498. The lowest BCUT2D eigenvalue weighted by Gasteiger charge is -2.18. The highest BCUT2D eigenvalue weighted by Gasteiger charge is 2.31. The SMILES string of the molecule is CC(C)Oc1nc(Cl)nc(NC2CCC(C)(C)C2)n1. The Balaban J connectivity index is 2.06. The van der Waals surface area contributed by atoms with Crippen LogP contribution < -0.4 is 10.1 Å². The second-order valence-corrected chi connectivity index (χ2v) is 6.46. The van der Waals surface area contributed by atoms with Crippen molar-refractivity contribution in [3.63, 3.8) is 0 Å². The van der Waals surface area contributed by atoms with E-state index in [1.165, 1.54) is 6.42 Å². The van der Waals surface area contributed by atoms with Crippen LogP contribution in [0.4, 0.5) is 5.95 Å². The van der Waals surface area contributed by atoms with Crippen molar-refractivity contribution in [2.24, 2.45) is 5.41 Å². The van der Waals surface area contributed by atoms with Gasteiger partial charge in [0.1, 0.15) is 0 Å². The second kappa shape index (κ2) is 5.49. The number of ether oxygens (including phenoxy) is 1. The molecule has 0 aromatic carbocycles. The number of anilines is 1. The Bertz CT molecular complexity index is 450. The third-order valence-electron chi connectivity index (χ3n) is 3.23. The monoisotopic (exact) mass is 284 g/mol. The lowest BCUT2D eigenvalue weighted by molar-refractivity contribution is 0.222. The number of hydrogen-bond acceptors (Lipinski definition) is 5. The molecule has 1 N–H and O–H groups in total. The van der Waals surface area contributed by atoms with Crippen molar-refractivity contribution in [3.05, 3.63) is 5.28 Å². The average molecular weight is 285 g/mol. The molecule has 1 aliphatic rings. The maximum Gasteiger partial charge on any atom is 0.322 e. The van der Waals surface area contributed by atoms with Gasteiger partial charge in [0.05, 0.1) is 6.10 Å². The molecule has 19 heavy (non-hydrogen) atoms. The summed E-state index contributed by atoms with van der Waals surface area (Å²) in [7, 11) is 0. The van der Waals surface area contributed by atoms with Gasteiger partial charge in [0.2, 0.25) is 11.2 Å². The lowest BCUT2D eigenvalue weighted by Crippen LogP contribution is -2.20. The summed E-state index contributed by atoms with van der Waals surface area (Å²) in [6.45, 7) is 8.40. The van der Waals surface area contributed by atoms with E-state index in [0.29, 0.717) is 17.4 Å². The predicted molar refractivity (Wildman–Crippen MR) is 75.6 cm³/mol. The summed E-state index contributed by atoms with van der Waals surface area (Å²) in [4.78, 5) is 12.3. The highest BCUT2D eigenvalue weighted by atomic mass is 35.5. The number of nitrogens with zero attached hydrogens (tertiary/aromatic N) is 3. The number of halogens is 1. The summed E-state index contributed by atoms with van der Waals surface area (Å²) < 4.78 is 5.45. The summed E-state index contributed by atoms with van der Waals surface area (Å²) in [5, 5.41) is 3.48. The van der Waals surface area contributed by atoms with Crippen LogP contribution in [-0.2, 0) is 0 Å². The van der Waals surface area contributed by atoms with Gasteiger partial charge in [0.25, 0.3) is 0 Å². The van der Waals surface area contributed by atoms with Crippen LogP contribution in [0.1, 0.15) is 47.0 Å². The fraction of sp³-hybridized carbons (Fsp3) is 0.769. The van der Waals surface area contributed by atoms with Gasteiger partial charge in [0, 0.05) is 6.04 Å². The molecule has 6 heteroatoms. The molecule has 106 valence electrons. The summed E-state index contributed by atoms with van der Waals surface area (Å²) >= 11 is 5.89. The normalized spacial score (nSPS) is 21.7. The minimum atomic E-state index is 0.0109. The molecule has 0 amide bonds. The first-order valence-electron chi connectivity index (χ1n) is 6.69. The van der Waals surface area contributed by atoms with Crippen molar-refractivity contribution < 1.29 is 4.74 Å². The topological polar surface area (TPSA) is 59.9 Å². The largest absolute Gasteiger partial charge is 0.461 e. The number of hydrogen-bond donors (Lipinski definition) is 1. The van der Waals surface area contributed by atoms with Crippen molar-refractivity contribution in [1.29, 1.82) is 0 Å². The maximum absolute atomic E-state index is 5.89. The Morgan fingerprint density at radius 3 is 2.63 bits per heavy atom. The standard InChI is InChI=1S/C13H21ClN4O/c1-8(2)19-12-17-10(14)16-11(18-12)15-9-5-6-13(3,4)7-9/h8-9H,5-7H2,1-4H3,(H,15,16,17,18). The Kier molecular flexibility index (Phi) is 4.13. The van der Waals surface area contributed by atoms with Crippen molar-refractivity contribution in [2.45, 2.75) is 59.1 Å². The van der Waals surface area contributed by atoms with E-state index in [9.17, 15) is 0 Å². The molecule has 1 aliphatic carbocycles. The quantitative estimate of drug-likeness (QED) is 0.919. The zero-order valence-electron chi connectivity index (χ0n) is 11.9. The molecule has 0 bridgehead atoms.